The van der Waals surface area contributed by atoms with E-state index in [1.54, 1.807) is 4.90 Å². The lowest BCUT2D eigenvalue weighted by molar-refractivity contribution is -0.107. The molecule has 1 fully saturated rings. The lowest BCUT2D eigenvalue weighted by Crippen LogP contribution is -2.24. The average molecular weight is 361 g/mol. The number of aromatic nitrogens is 2. The smallest absolute Gasteiger partial charge is 0.215 e. The first-order valence-corrected chi connectivity index (χ1v) is 9.39. The molecule has 1 aromatic carbocycles. The molecule has 27 heavy (non-hydrogen) atoms. The lowest BCUT2D eigenvalue weighted by Gasteiger charge is -2.16. The van der Waals surface area contributed by atoms with Crippen LogP contribution in [0.25, 0.3) is 21.9 Å². The molecule has 138 valence electrons. The zero-order chi connectivity index (χ0) is 19.0. The molecule has 1 saturated carbocycles. The quantitative estimate of drug-likeness (QED) is 0.669. The second kappa shape index (κ2) is 7.08. The minimum atomic E-state index is -0.524. The van der Waals surface area contributed by atoms with Gasteiger partial charge in [0.2, 0.25) is 6.41 Å². The number of carbonyl (C=O) groups is 1. The number of hydrogen-bond donors (Lipinski definition) is 1. The maximum absolute atomic E-state index is 11.4. The number of benzene rings is 1. The van der Waals surface area contributed by atoms with Gasteiger partial charge in [0.1, 0.15) is 5.82 Å². The maximum atomic E-state index is 11.4. The van der Waals surface area contributed by atoms with Crippen molar-refractivity contribution in [1.82, 2.24) is 9.97 Å². The topological polar surface area (TPSA) is 66.3 Å². The molecule has 4 rings (SSSR count). The normalized spacial score (nSPS) is 14.9. The zero-order valence-corrected chi connectivity index (χ0v) is 15.6. The Labute approximate surface area is 158 Å². The van der Waals surface area contributed by atoms with Crippen LogP contribution >= 0.6 is 0 Å². The third-order valence-electron chi connectivity index (χ3n) is 5.20. The van der Waals surface area contributed by atoms with Gasteiger partial charge < -0.3 is 5.11 Å². The van der Waals surface area contributed by atoms with Crippen molar-refractivity contribution in [1.29, 1.82) is 0 Å². The van der Waals surface area contributed by atoms with Crippen LogP contribution in [0.5, 0.6) is 0 Å². The summed E-state index contributed by atoms with van der Waals surface area (Å²) in [6, 6.07) is 10.4. The Kier molecular flexibility index (Phi) is 4.62. The van der Waals surface area contributed by atoms with Crippen molar-refractivity contribution in [3.05, 3.63) is 54.0 Å². The number of hydrogen-bond acceptors (Lipinski definition) is 4. The Bertz CT molecular complexity index is 998. The minimum absolute atomic E-state index is 0.303. The molecule has 5 nitrogen and oxygen atoms in total. The lowest BCUT2D eigenvalue weighted by atomic mass is 9.99. The van der Waals surface area contributed by atoms with Crippen molar-refractivity contribution in [2.24, 2.45) is 0 Å². The molecule has 1 amide bonds. The summed E-state index contributed by atoms with van der Waals surface area (Å²) in [6.07, 6.45) is 6.75. The van der Waals surface area contributed by atoms with Crippen LogP contribution in [-0.2, 0) is 4.79 Å². The van der Waals surface area contributed by atoms with Gasteiger partial charge in [0.05, 0.1) is 11.8 Å². The first-order valence-electron chi connectivity index (χ1n) is 9.39. The summed E-state index contributed by atoms with van der Waals surface area (Å²) in [6.45, 7) is 3.97. The molecule has 0 saturated heterocycles. The molecular weight excluding hydrogens is 338 g/mol. The standard InChI is InChI=1S/C22H23N3O2/c1-3-21(27)20-8-14(2)19(12-23-20)16-5-4-15-10-22(24-11-17(15)9-16)25(13-26)18-6-7-18/h4-5,8-13,18,21,27H,3,6-7H2,1-2H3/t21-/m1/s1. The van der Waals surface area contributed by atoms with Crippen molar-refractivity contribution < 1.29 is 9.90 Å². The second-order valence-corrected chi connectivity index (χ2v) is 7.20. The number of amides is 1. The van der Waals surface area contributed by atoms with Gasteiger partial charge in [0.25, 0.3) is 0 Å². The first kappa shape index (κ1) is 17.6. The molecule has 5 heteroatoms. The van der Waals surface area contributed by atoms with E-state index < -0.39 is 6.10 Å². The van der Waals surface area contributed by atoms with Crippen molar-refractivity contribution in [2.75, 3.05) is 4.90 Å². The van der Waals surface area contributed by atoms with Crippen molar-refractivity contribution >= 4 is 23.0 Å². The molecule has 0 spiro atoms. The summed E-state index contributed by atoms with van der Waals surface area (Å²) >= 11 is 0. The minimum Gasteiger partial charge on any atom is -0.387 e. The molecule has 1 aliphatic rings. The Morgan fingerprint density at radius 3 is 2.67 bits per heavy atom. The van der Waals surface area contributed by atoms with Gasteiger partial charge >= 0.3 is 0 Å². The van der Waals surface area contributed by atoms with Crippen LogP contribution in [0.15, 0.2) is 42.7 Å². The Morgan fingerprint density at radius 1 is 1.19 bits per heavy atom. The molecule has 0 bridgehead atoms. The predicted molar refractivity (Wildman–Crippen MR) is 107 cm³/mol. The molecule has 1 aliphatic carbocycles. The molecule has 0 radical (unpaired) electrons. The summed E-state index contributed by atoms with van der Waals surface area (Å²) in [5, 5.41) is 12.1. The van der Waals surface area contributed by atoms with Crippen molar-refractivity contribution in [2.45, 2.75) is 45.3 Å². The summed E-state index contributed by atoms with van der Waals surface area (Å²) in [5.74, 6) is 0.712. The van der Waals surface area contributed by atoms with Gasteiger partial charge in [-0.2, -0.15) is 0 Å². The SMILES string of the molecule is CC[C@@H](O)c1cc(C)c(-c2ccc3cc(N(C=O)C4CC4)ncc3c2)cn1. The number of aryl methyl sites for hydroxylation is 1. The number of pyridine rings is 2. The Hall–Kier alpha value is -2.79. The highest BCUT2D eigenvalue weighted by atomic mass is 16.3. The van der Waals surface area contributed by atoms with E-state index in [2.05, 4.69) is 28.2 Å². The monoisotopic (exact) mass is 361 g/mol. The largest absolute Gasteiger partial charge is 0.387 e. The summed E-state index contributed by atoms with van der Waals surface area (Å²) in [4.78, 5) is 22.0. The van der Waals surface area contributed by atoms with Crippen LogP contribution in [0.2, 0.25) is 0 Å². The van der Waals surface area contributed by atoms with Crippen LogP contribution in [-0.4, -0.2) is 27.5 Å². The van der Waals surface area contributed by atoms with Crippen molar-refractivity contribution in [3.8, 4) is 11.1 Å². The third kappa shape index (κ3) is 3.43. The number of nitrogens with zero attached hydrogens (tertiary/aromatic N) is 3. The third-order valence-corrected chi connectivity index (χ3v) is 5.20. The average Bonchev–Trinajstić information content (AvgIpc) is 3.52. The van der Waals surface area contributed by atoms with Crippen LogP contribution in [0.3, 0.4) is 0 Å². The van der Waals surface area contributed by atoms with Gasteiger partial charge in [-0.25, -0.2) is 4.98 Å². The van der Waals surface area contributed by atoms with E-state index in [0.29, 0.717) is 24.0 Å². The summed E-state index contributed by atoms with van der Waals surface area (Å²) in [7, 11) is 0. The number of carbonyl (C=O) groups excluding carboxylic acids is 1. The Balaban J connectivity index is 1.68. The summed E-state index contributed by atoms with van der Waals surface area (Å²) in [5.41, 5.74) is 3.90. The molecule has 1 N–H and O–H groups in total. The number of aliphatic hydroxyl groups is 1. The highest BCUT2D eigenvalue weighted by Gasteiger charge is 2.29. The number of aliphatic hydroxyl groups excluding tert-OH is 1. The molecule has 2 heterocycles. The number of fused-ring (bicyclic) bond motifs is 1. The first-order chi connectivity index (χ1) is 13.1. The van der Waals surface area contributed by atoms with E-state index in [9.17, 15) is 9.90 Å². The number of anilines is 1. The highest BCUT2D eigenvalue weighted by Crippen LogP contribution is 2.32. The molecule has 0 aliphatic heterocycles. The van der Waals surface area contributed by atoms with E-state index in [1.807, 2.05) is 38.4 Å². The van der Waals surface area contributed by atoms with E-state index in [-0.39, 0.29) is 0 Å². The van der Waals surface area contributed by atoms with E-state index in [0.717, 1.165) is 46.7 Å². The maximum Gasteiger partial charge on any atom is 0.215 e. The summed E-state index contributed by atoms with van der Waals surface area (Å²) < 4.78 is 0. The predicted octanol–water partition coefficient (Wildman–Crippen LogP) is 4.17. The van der Waals surface area contributed by atoms with E-state index in [4.69, 9.17) is 0 Å². The van der Waals surface area contributed by atoms with Crippen molar-refractivity contribution in [3.63, 3.8) is 0 Å². The highest BCUT2D eigenvalue weighted by molar-refractivity contribution is 5.90. The molecule has 0 unspecified atom stereocenters. The zero-order valence-electron chi connectivity index (χ0n) is 15.6. The van der Waals surface area contributed by atoms with Gasteiger partial charge in [-0.1, -0.05) is 19.1 Å². The fraction of sp³-hybridized carbons (Fsp3) is 0.318. The van der Waals surface area contributed by atoms with Gasteiger partial charge in [-0.15, -0.1) is 0 Å². The van der Waals surface area contributed by atoms with Crippen LogP contribution in [0.1, 0.15) is 43.5 Å². The van der Waals surface area contributed by atoms with Gasteiger partial charge in [0, 0.05) is 29.4 Å². The van der Waals surface area contributed by atoms with Gasteiger partial charge in [-0.05, 0) is 60.9 Å². The number of rotatable bonds is 6. The van der Waals surface area contributed by atoms with E-state index >= 15 is 0 Å². The van der Waals surface area contributed by atoms with Gasteiger partial charge in [0.15, 0.2) is 0 Å². The molecule has 1 atom stereocenters. The fourth-order valence-corrected chi connectivity index (χ4v) is 3.39. The Morgan fingerprint density at radius 2 is 2.00 bits per heavy atom. The van der Waals surface area contributed by atoms with Crippen LogP contribution in [0.4, 0.5) is 5.82 Å². The van der Waals surface area contributed by atoms with Crippen LogP contribution < -0.4 is 4.90 Å². The molecular formula is C22H23N3O2. The molecule has 2 aromatic heterocycles. The molecule has 3 aromatic rings. The van der Waals surface area contributed by atoms with E-state index in [1.165, 1.54) is 0 Å². The second-order valence-electron chi connectivity index (χ2n) is 7.20. The van der Waals surface area contributed by atoms with Crippen LogP contribution in [0, 0.1) is 6.92 Å². The van der Waals surface area contributed by atoms with Gasteiger partial charge in [-0.3, -0.25) is 14.7 Å². The fourth-order valence-electron chi connectivity index (χ4n) is 3.39.